The van der Waals surface area contributed by atoms with Crippen molar-refractivity contribution in [3.8, 4) is 11.5 Å². The molecule has 1 saturated heterocycles. The van der Waals surface area contributed by atoms with Gasteiger partial charge >= 0.3 is 5.97 Å². The van der Waals surface area contributed by atoms with Crippen LogP contribution in [-0.4, -0.2) is 56.2 Å². The minimum Gasteiger partial charge on any atom is -0.493 e. The van der Waals surface area contributed by atoms with Crippen LogP contribution in [0.5, 0.6) is 11.5 Å². The van der Waals surface area contributed by atoms with E-state index in [0.717, 1.165) is 18.4 Å². The number of piperidine rings is 1. The van der Waals surface area contributed by atoms with E-state index in [4.69, 9.17) is 23.4 Å². The summed E-state index contributed by atoms with van der Waals surface area (Å²) in [5, 5.41) is 2.93. The summed E-state index contributed by atoms with van der Waals surface area (Å²) in [5.74, 6) is 0.309. The van der Waals surface area contributed by atoms with Crippen LogP contribution in [0.4, 0.5) is 0 Å². The SMILES string of the molecule is COC(=O)[C@]12C[C@H](CC(=O)NCc3ccc(OC)c(OC)c3)C(=O)N(Cc3ccco3)C1=C[C@H](C(C)C)O[C@@H]2C1CC1. The van der Waals surface area contributed by atoms with Gasteiger partial charge in [0.2, 0.25) is 11.8 Å². The van der Waals surface area contributed by atoms with Crippen LogP contribution in [0, 0.1) is 23.2 Å². The number of nitrogens with one attached hydrogen (secondary N) is 1. The van der Waals surface area contributed by atoms with Crippen molar-refractivity contribution in [2.24, 2.45) is 23.2 Å². The third-order valence-corrected chi connectivity index (χ3v) is 8.56. The van der Waals surface area contributed by atoms with Gasteiger partial charge in [-0.15, -0.1) is 0 Å². The first-order valence-corrected chi connectivity index (χ1v) is 14.5. The third-order valence-electron chi connectivity index (χ3n) is 8.56. The molecule has 1 aliphatic carbocycles. The van der Waals surface area contributed by atoms with Gasteiger partial charge in [-0.1, -0.05) is 19.9 Å². The molecule has 5 rings (SSSR count). The summed E-state index contributed by atoms with van der Waals surface area (Å²) in [6.45, 7) is 4.50. The number of methoxy groups -OCH3 is 3. The molecule has 2 fully saturated rings. The Morgan fingerprint density at radius 2 is 1.88 bits per heavy atom. The lowest BCUT2D eigenvalue weighted by Gasteiger charge is -2.52. The molecule has 1 N–H and O–H groups in total. The molecule has 1 saturated carbocycles. The van der Waals surface area contributed by atoms with E-state index < -0.39 is 23.4 Å². The van der Waals surface area contributed by atoms with Crippen molar-refractivity contribution in [2.45, 2.75) is 64.8 Å². The predicted molar refractivity (Wildman–Crippen MR) is 152 cm³/mol. The zero-order valence-electron chi connectivity index (χ0n) is 24.9. The number of ether oxygens (including phenoxy) is 4. The molecule has 10 nitrogen and oxygen atoms in total. The Balaban J connectivity index is 1.45. The second kappa shape index (κ2) is 12.2. The average molecular weight is 581 g/mol. The molecule has 2 aromatic rings. The highest BCUT2D eigenvalue weighted by Gasteiger charge is 2.64. The molecule has 0 bridgehead atoms. The fourth-order valence-corrected chi connectivity index (χ4v) is 6.26. The quantitative estimate of drug-likeness (QED) is 0.393. The Hall–Kier alpha value is -3.79. The summed E-state index contributed by atoms with van der Waals surface area (Å²) in [6.07, 6.45) is 4.66. The number of likely N-dealkylation sites (tertiary alicyclic amines) is 1. The van der Waals surface area contributed by atoms with E-state index in [1.165, 1.54) is 7.11 Å². The predicted octanol–water partition coefficient (Wildman–Crippen LogP) is 4.23. The number of hydrogen-bond acceptors (Lipinski definition) is 8. The highest BCUT2D eigenvalue weighted by molar-refractivity contribution is 5.92. The minimum atomic E-state index is -1.21. The van der Waals surface area contributed by atoms with E-state index in [0.29, 0.717) is 23.0 Å². The molecule has 10 heteroatoms. The van der Waals surface area contributed by atoms with E-state index in [2.05, 4.69) is 19.2 Å². The standard InChI is InChI=1S/C32H40N2O8/c1-19(2)25-15-27-32(31(37)40-5,29(42-25)21-9-10-21)16-22(30(36)34(27)18-23-7-6-12-41-23)14-28(35)33-17-20-8-11-24(38-3)26(13-20)39-4/h6-8,11-13,15,19,21-22,25,29H,9-10,14,16-18H2,1-5H3,(H,33,35)/t22-,25+,29+,32+/m0/s1. The van der Waals surface area contributed by atoms with E-state index >= 15 is 0 Å². The van der Waals surface area contributed by atoms with Crippen LogP contribution in [0.2, 0.25) is 0 Å². The molecule has 42 heavy (non-hydrogen) atoms. The number of carbonyl (C=O) groups is 3. The molecule has 0 unspecified atom stereocenters. The average Bonchev–Trinajstić information content (AvgIpc) is 3.71. The summed E-state index contributed by atoms with van der Waals surface area (Å²) in [4.78, 5) is 42.9. The fraction of sp³-hybridized carbons (Fsp3) is 0.531. The number of rotatable bonds is 11. The molecule has 1 aromatic carbocycles. The summed E-state index contributed by atoms with van der Waals surface area (Å²) in [6, 6.07) is 8.97. The van der Waals surface area contributed by atoms with Crippen molar-refractivity contribution in [3.05, 3.63) is 59.7 Å². The number of furan rings is 1. The van der Waals surface area contributed by atoms with Gasteiger partial charge in [-0.25, -0.2) is 0 Å². The first-order valence-electron chi connectivity index (χ1n) is 14.5. The summed E-state index contributed by atoms with van der Waals surface area (Å²) in [7, 11) is 4.48. The van der Waals surface area contributed by atoms with Crippen LogP contribution in [0.25, 0.3) is 0 Å². The monoisotopic (exact) mass is 580 g/mol. The van der Waals surface area contributed by atoms with Crippen LogP contribution in [0.15, 0.2) is 52.8 Å². The number of carbonyl (C=O) groups excluding carboxylic acids is 3. The topological polar surface area (TPSA) is 117 Å². The van der Waals surface area contributed by atoms with Crippen LogP contribution >= 0.6 is 0 Å². The zero-order chi connectivity index (χ0) is 30.0. The molecule has 3 heterocycles. The van der Waals surface area contributed by atoms with Crippen molar-refractivity contribution >= 4 is 17.8 Å². The van der Waals surface area contributed by atoms with Crippen LogP contribution in [0.3, 0.4) is 0 Å². The maximum absolute atomic E-state index is 14.1. The lowest BCUT2D eigenvalue weighted by atomic mass is 9.64. The smallest absolute Gasteiger partial charge is 0.320 e. The van der Waals surface area contributed by atoms with E-state index in [1.54, 1.807) is 49.6 Å². The number of benzene rings is 1. The van der Waals surface area contributed by atoms with Gasteiger partial charge in [0.1, 0.15) is 11.2 Å². The Kier molecular flexibility index (Phi) is 8.63. The largest absolute Gasteiger partial charge is 0.493 e. The zero-order valence-corrected chi connectivity index (χ0v) is 24.9. The third kappa shape index (κ3) is 5.64. The Morgan fingerprint density at radius 3 is 2.50 bits per heavy atom. The number of fused-ring (bicyclic) bond motifs is 1. The van der Waals surface area contributed by atoms with Gasteiger partial charge in [-0.2, -0.15) is 0 Å². The highest BCUT2D eigenvalue weighted by Crippen LogP contribution is 2.56. The molecule has 3 aliphatic rings. The minimum absolute atomic E-state index is 0.0855. The van der Waals surface area contributed by atoms with Gasteiger partial charge in [-0.3, -0.25) is 14.4 Å². The number of nitrogens with zero attached hydrogens (tertiary/aromatic N) is 1. The molecule has 0 radical (unpaired) electrons. The molecule has 2 amide bonds. The molecule has 226 valence electrons. The molecule has 1 aromatic heterocycles. The van der Waals surface area contributed by atoms with Gasteiger partial charge in [0.15, 0.2) is 11.5 Å². The van der Waals surface area contributed by atoms with Crippen LogP contribution < -0.4 is 14.8 Å². The lowest BCUT2D eigenvalue weighted by molar-refractivity contribution is -0.182. The fourth-order valence-electron chi connectivity index (χ4n) is 6.26. The summed E-state index contributed by atoms with van der Waals surface area (Å²) in [5.41, 5.74) is 0.205. The number of esters is 1. The summed E-state index contributed by atoms with van der Waals surface area (Å²) < 4.78 is 28.3. The first kappa shape index (κ1) is 29.7. The van der Waals surface area contributed by atoms with E-state index in [1.807, 2.05) is 12.1 Å². The Bertz CT molecular complexity index is 1330. The van der Waals surface area contributed by atoms with Gasteiger partial charge in [-0.05, 0) is 67.0 Å². The van der Waals surface area contributed by atoms with Crippen molar-refractivity contribution in [1.29, 1.82) is 0 Å². The van der Waals surface area contributed by atoms with Gasteiger partial charge in [0, 0.05) is 24.6 Å². The Morgan fingerprint density at radius 1 is 1.12 bits per heavy atom. The number of amides is 2. The number of hydrogen-bond donors (Lipinski definition) is 1. The van der Waals surface area contributed by atoms with Crippen molar-refractivity contribution in [3.63, 3.8) is 0 Å². The second-order valence-electron chi connectivity index (χ2n) is 11.7. The Labute approximate surface area is 246 Å². The van der Waals surface area contributed by atoms with Gasteiger partial charge in [0.05, 0.1) is 46.3 Å². The highest BCUT2D eigenvalue weighted by atomic mass is 16.5. The van der Waals surface area contributed by atoms with E-state index in [-0.39, 0.29) is 55.7 Å². The van der Waals surface area contributed by atoms with Crippen LogP contribution in [0.1, 0.15) is 50.9 Å². The van der Waals surface area contributed by atoms with Crippen LogP contribution in [-0.2, 0) is 36.9 Å². The molecular formula is C32H40N2O8. The molecule has 0 spiro atoms. The van der Waals surface area contributed by atoms with Crippen molar-refractivity contribution < 1.29 is 37.7 Å². The van der Waals surface area contributed by atoms with Gasteiger partial charge < -0.3 is 33.6 Å². The van der Waals surface area contributed by atoms with Crippen molar-refractivity contribution in [1.82, 2.24) is 10.2 Å². The maximum Gasteiger partial charge on any atom is 0.320 e. The van der Waals surface area contributed by atoms with Gasteiger partial charge in [0.25, 0.3) is 0 Å². The lowest BCUT2D eigenvalue weighted by Crippen LogP contribution is -2.61. The molecule has 2 aliphatic heterocycles. The normalized spacial score (nSPS) is 25.5. The van der Waals surface area contributed by atoms with E-state index in [9.17, 15) is 14.4 Å². The first-order chi connectivity index (χ1) is 20.2. The van der Waals surface area contributed by atoms with Crippen molar-refractivity contribution in [2.75, 3.05) is 21.3 Å². The molecular weight excluding hydrogens is 540 g/mol. The molecule has 4 atom stereocenters. The maximum atomic E-state index is 14.1. The summed E-state index contributed by atoms with van der Waals surface area (Å²) >= 11 is 0. The second-order valence-corrected chi connectivity index (χ2v) is 11.7.